The molecule has 2 rings (SSSR count). The van der Waals surface area contributed by atoms with E-state index in [1.807, 2.05) is 11.9 Å². The number of nitrogens with zero attached hydrogens (tertiary/aromatic N) is 1. The van der Waals surface area contributed by atoms with Crippen molar-refractivity contribution in [2.45, 2.75) is 12.6 Å². The molecule has 0 bridgehead atoms. The van der Waals surface area contributed by atoms with Gasteiger partial charge in [0.1, 0.15) is 0 Å². The van der Waals surface area contributed by atoms with Crippen molar-refractivity contribution in [1.29, 1.82) is 0 Å². The van der Waals surface area contributed by atoms with Crippen molar-refractivity contribution in [3.8, 4) is 0 Å². The zero-order valence-corrected chi connectivity index (χ0v) is 8.96. The maximum Gasteiger partial charge on any atom is 0.161 e. The predicted octanol–water partition coefficient (Wildman–Crippen LogP) is 2.00. The minimum Gasteiger partial charge on any atom is -0.299 e. The van der Waals surface area contributed by atoms with Crippen LogP contribution in [-0.4, -0.2) is 30.8 Å². The molecule has 1 fully saturated rings. The van der Waals surface area contributed by atoms with E-state index in [4.69, 9.17) is 0 Å². The maximum absolute atomic E-state index is 14.1. The smallest absolute Gasteiger partial charge is 0.161 e. The molecule has 1 saturated heterocycles. The van der Waals surface area contributed by atoms with Gasteiger partial charge in [0.25, 0.3) is 0 Å². The van der Waals surface area contributed by atoms with Gasteiger partial charge >= 0.3 is 0 Å². The summed E-state index contributed by atoms with van der Waals surface area (Å²) < 4.78 is 14.1. The summed E-state index contributed by atoms with van der Waals surface area (Å²) in [6, 6.07) is 6.81. The summed E-state index contributed by atoms with van der Waals surface area (Å²) >= 11 is 0. The highest BCUT2D eigenvalue weighted by Crippen LogP contribution is 2.34. The number of halogens is 1. The molecule has 1 aromatic carbocycles. The number of Topliss-reactive ketones (excluding diaryl/α,β-unsaturated/α-hetero) is 1. The molecule has 1 aliphatic heterocycles. The largest absolute Gasteiger partial charge is 0.299 e. The molecule has 0 unspecified atom stereocenters. The molecule has 0 aliphatic carbocycles. The number of rotatable bonds is 2. The average Bonchev–Trinajstić information content (AvgIpc) is 2.16. The van der Waals surface area contributed by atoms with Gasteiger partial charge in [-0.2, -0.15) is 0 Å². The van der Waals surface area contributed by atoms with Crippen molar-refractivity contribution in [3.05, 3.63) is 35.4 Å². The molecule has 3 heteroatoms. The Bertz CT molecular complexity index is 379. The first kappa shape index (κ1) is 10.3. The van der Waals surface area contributed by atoms with E-state index in [0.717, 1.165) is 0 Å². The summed E-state index contributed by atoms with van der Waals surface area (Å²) in [5.74, 6) is 0.0141. The SMILES string of the molecule is CC(=O)c1ccc(C2(F)CN(C)C2)cc1. The fourth-order valence-corrected chi connectivity index (χ4v) is 2.00. The fraction of sp³-hybridized carbons (Fsp3) is 0.417. The standard InChI is InChI=1S/C12H14FNO/c1-9(15)10-3-5-11(6-4-10)12(13)7-14(2)8-12/h3-6H,7-8H2,1-2H3. The topological polar surface area (TPSA) is 20.3 Å². The van der Waals surface area contributed by atoms with Gasteiger partial charge < -0.3 is 0 Å². The van der Waals surface area contributed by atoms with Gasteiger partial charge in [0.15, 0.2) is 11.5 Å². The molecular weight excluding hydrogens is 193 g/mol. The first-order chi connectivity index (χ1) is 7.01. The van der Waals surface area contributed by atoms with Crippen molar-refractivity contribution in [3.63, 3.8) is 0 Å². The van der Waals surface area contributed by atoms with Crippen LogP contribution < -0.4 is 0 Å². The minimum absolute atomic E-state index is 0.0141. The highest BCUT2D eigenvalue weighted by Gasteiger charge is 2.42. The van der Waals surface area contributed by atoms with Gasteiger partial charge in [-0.15, -0.1) is 0 Å². The highest BCUT2D eigenvalue weighted by molar-refractivity contribution is 5.94. The number of likely N-dealkylation sites (N-methyl/N-ethyl adjacent to an activating group) is 1. The van der Waals surface area contributed by atoms with Crippen LogP contribution in [0.2, 0.25) is 0 Å². The molecule has 0 radical (unpaired) electrons. The molecule has 0 amide bonds. The molecular formula is C12H14FNO. The number of hydrogen-bond donors (Lipinski definition) is 0. The molecule has 0 N–H and O–H groups in total. The third-order valence-electron chi connectivity index (χ3n) is 2.85. The minimum atomic E-state index is -1.22. The van der Waals surface area contributed by atoms with E-state index in [2.05, 4.69) is 0 Å². The van der Waals surface area contributed by atoms with Crippen molar-refractivity contribution >= 4 is 5.78 Å². The van der Waals surface area contributed by atoms with E-state index < -0.39 is 5.67 Å². The summed E-state index contributed by atoms with van der Waals surface area (Å²) in [5, 5.41) is 0. The molecule has 2 nitrogen and oxygen atoms in total. The molecule has 0 aromatic heterocycles. The van der Waals surface area contributed by atoms with Crippen LogP contribution in [-0.2, 0) is 5.67 Å². The van der Waals surface area contributed by atoms with E-state index in [1.54, 1.807) is 24.3 Å². The Morgan fingerprint density at radius 3 is 2.27 bits per heavy atom. The zero-order chi connectivity index (χ0) is 11.1. The van der Waals surface area contributed by atoms with Crippen LogP contribution in [0, 0.1) is 0 Å². The maximum atomic E-state index is 14.1. The molecule has 0 spiro atoms. The van der Waals surface area contributed by atoms with Gasteiger partial charge in [0.05, 0.1) is 0 Å². The van der Waals surface area contributed by atoms with Gasteiger partial charge in [0.2, 0.25) is 0 Å². The first-order valence-corrected chi connectivity index (χ1v) is 5.00. The predicted molar refractivity (Wildman–Crippen MR) is 56.7 cm³/mol. The van der Waals surface area contributed by atoms with Crippen molar-refractivity contribution in [1.82, 2.24) is 4.90 Å². The van der Waals surface area contributed by atoms with Crippen LogP contribution in [0.15, 0.2) is 24.3 Å². The third-order valence-corrected chi connectivity index (χ3v) is 2.85. The van der Waals surface area contributed by atoms with Crippen molar-refractivity contribution < 1.29 is 9.18 Å². The monoisotopic (exact) mass is 207 g/mol. The fourth-order valence-electron chi connectivity index (χ4n) is 2.00. The quantitative estimate of drug-likeness (QED) is 0.691. The Morgan fingerprint density at radius 2 is 1.87 bits per heavy atom. The van der Waals surface area contributed by atoms with Gasteiger partial charge in [-0.05, 0) is 19.5 Å². The Kier molecular flexibility index (Phi) is 2.35. The lowest BCUT2D eigenvalue weighted by molar-refractivity contribution is -0.0194. The van der Waals surface area contributed by atoms with Crippen LogP contribution in [0.25, 0.3) is 0 Å². The average molecular weight is 207 g/mol. The van der Waals surface area contributed by atoms with Gasteiger partial charge in [0, 0.05) is 18.7 Å². The molecule has 15 heavy (non-hydrogen) atoms. The van der Waals surface area contributed by atoms with Crippen LogP contribution in [0.1, 0.15) is 22.8 Å². The van der Waals surface area contributed by atoms with E-state index in [-0.39, 0.29) is 5.78 Å². The van der Waals surface area contributed by atoms with Gasteiger partial charge in [-0.3, -0.25) is 9.69 Å². The highest BCUT2D eigenvalue weighted by atomic mass is 19.1. The second-order valence-corrected chi connectivity index (χ2v) is 4.27. The van der Waals surface area contributed by atoms with Crippen LogP contribution in [0.5, 0.6) is 0 Å². The number of alkyl halides is 1. The van der Waals surface area contributed by atoms with E-state index in [1.165, 1.54) is 6.92 Å². The summed E-state index contributed by atoms with van der Waals surface area (Å²) in [4.78, 5) is 13.0. The molecule has 0 atom stereocenters. The summed E-state index contributed by atoms with van der Waals surface area (Å²) in [7, 11) is 1.89. The Hall–Kier alpha value is -1.22. The van der Waals surface area contributed by atoms with Crippen LogP contribution in [0.4, 0.5) is 4.39 Å². The summed E-state index contributed by atoms with van der Waals surface area (Å²) in [5.41, 5.74) is 0.0880. The van der Waals surface area contributed by atoms with Crippen molar-refractivity contribution in [2.75, 3.05) is 20.1 Å². The third kappa shape index (κ3) is 1.79. The van der Waals surface area contributed by atoms with Crippen molar-refractivity contribution in [2.24, 2.45) is 0 Å². The number of benzene rings is 1. The van der Waals surface area contributed by atoms with Gasteiger partial charge in [-0.1, -0.05) is 24.3 Å². The number of carbonyl (C=O) groups is 1. The van der Waals surface area contributed by atoms with E-state index >= 15 is 0 Å². The Balaban J connectivity index is 2.21. The first-order valence-electron chi connectivity index (χ1n) is 5.00. The number of likely N-dealkylation sites (tertiary alicyclic amines) is 1. The normalized spacial score (nSPS) is 19.7. The zero-order valence-electron chi connectivity index (χ0n) is 8.96. The summed E-state index contributed by atoms with van der Waals surface area (Å²) in [6.07, 6.45) is 0. The van der Waals surface area contributed by atoms with E-state index in [9.17, 15) is 9.18 Å². The lowest BCUT2D eigenvalue weighted by Gasteiger charge is -2.42. The molecule has 80 valence electrons. The van der Waals surface area contributed by atoms with Crippen LogP contribution in [0.3, 0.4) is 0 Å². The number of hydrogen-bond acceptors (Lipinski definition) is 2. The lowest BCUT2D eigenvalue weighted by atomic mass is 9.88. The van der Waals surface area contributed by atoms with E-state index in [0.29, 0.717) is 24.2 Å². The lowest BCUT2D eigenvalue weighted by Crippen LogP contribution is -2.54. The number of carbonyl (C=O) groups excluding carboxylic acids is 1. The molecule has 1 aliphatic rings. The number of ketones is 1. The Morgan fingerprint density at radius 1 is 1.33 bits per heavy atom. The van der Waals surface area contributed by atoms with Crippen LogP contribution >= 0.6 is 0 Å². The Labute approximate surface area is 88.7 Å². The molecule has 0 saturated carbocycles. The summed E-state index contributed by atoms with van der Waals surface area (Å²) in [6.45, 7) is 2.39. The molecule has 1 heterocycles. The second kappa shape index (κ2) is 3.42. The molecule has 1 aromatic rings. The van der Waals surface area contributed by atoms with Gasteiger partial charge in [-0.25, -0.2) is 4.39 Å². The second-order valence-electron chi connectivity index (χ2n) is 4.27.